The molecule has 1 aromatic heterocycles. The lowest BCUT2D eigenvalue weighted by Crippen LogP contribution is -2.33. The van der Waals surface area contributed by atoms with Crippen LogP contribution in [-0.2, 0) is 0 Å². The van der Waals surface area contributed by atoms with Crippen molar-refractivity contribution >= 4 is 5.82 Å². The molecule has 0 aliphatic rings. The van der Waals surface area contributed by atoms with Gasteiger partial charge in [0.15, 0.2) is 11.6 Å². The summed E-state index contributed by atoms with van der Waals surface area (Å²) in [5, 5.41) is 2.77. The van der Waals surface area contributed by atoms with E-state index in [1.54, 1.807) is 0 Å². The first-order chi connectivity index (χ1) is 6.62. The quantitative estimate of drug-likeness (QED) is 0.759. The van der Waals surface area contributed by atoms with E-state index in [-0.39, 0.29) is 0 Å². The Morgan fingerprint density at radius 2 is 1.60 bits per heavy atom. The molecule has 0 spiro atoms. The first kappa shape index (κ1) is 11.7. The van der Waals surface area contributed by atoms with Crippen molar-refractivity contribution in [1.29, 1.82) is 0 Å². The first-order valence-corrected chi connectivity index (χ1v) is 3.48. The van der Waals surface area contributed by atoms with Crippen LogP contribution in [0, 0.1) is 0 Å². The Kier molecular flexibility index (Phi) is 2.58. The normalized spacial score (nSPS) is 13.5. The molecule has 0 fully saturated rings. The fourth-order valence-electron chi connectivity index (χ4n) is 0.948. The Labute approximate surface area is 78.8 Å². The monoisotopic (exact) mass is 234 g/mol. The van der Waals surface area contributed by atoms with E-state index in [2.05, 4.69) is 9.68 Å². The van der Waals surface area contributed by atoms with Gasteiger partial charge in [-0.3, -0.25) is 0 Å². The summed E-state index contributed by atoms with van der Waals surface area (Å²) < 4.78 is 76.2. The van der Waals surface area contributed by atoms with Gasteiger partial charge in [0, 0.05) is 6.07 Å². The molecule has 0 aliphatic heterocycles. The summed E-state index contributed by atoms with van der Waals surface area (Å²) in [5.41, 5.74) is 4.86. The van der Waals surface area contributed by atoms with Crippen LogP contribution in [-0.4, -0.2) is 17.5 Å². The molecule has 0 radical (unpaired) electrons. The van der Waals surface area contributed by atoms with Gasteiger partial charge in [0.25, 0.3) is 0 Å². The Morgan fingerprint density at radius 1 is 1.13 bits per heavy atom. The zero-order valence-electron chi connectivity index (χ0n) is 6.86. The maximum atomic E-state index is 12.1. The topological polar surface area (TPSA) is 52.0 Å². The summed E-state index contributed by atoms with van der Waals surface area (Å²) in [6, 6.07) is 0.394. The van der Waals surface area contributed by atoms with Crippen LogP contribution in [0.3, 0.4) is 0 Å². The Morgan fingerprint density at radius 3 is 1.87 bits per heavy atom. The average molecular weight is 234 g/mol. The molecule has 1 aromatic rings. The number of hydrogen-bond acceptors (Lipinski definition) is 3. The number of nitrogen functional groups attached to an aromatic ring is 1. The number of hydrogen-bond donors (Lipinski definition) is 1. The molecule has 1 rings (SSSR count). The Bertz CT molecular complexity index is 326. The van der Waals surface area contributed by atoms with Crippen molar-refractivity contribution in [2.45, 2.75) is 18.3 Å². The molecule has 0 unspecified atom stereocenters. The van der Waals surface area contributed by atoms with E-state index in [9.17, 15) is 26.3 Å². The Hall–Kier alpha value is -1.41. The smallest absolute Gasteiger partial charge is 0.381 e. The number of aromatic nitrogens is 1. The molecule has 0 bridgehead atoms. The average Bonchev–Trinajstić information content (AvgIpc) is 2.28. The van der Waals surface area contributed by atoms with Crippen LogP contribution in [0.5, 0.6) is 0 Å². The second-order valence-electron chi connectivity index (χ2n) is 2.67. The van der Waals surface area contributed by atoms with Crippen LogP contribution in [0.4, 0.5) is 32.2 Å². The standard InChI is InChI=1S/C6H4F6N2O/c7-5(8,9)4(6(10,11)12)2-1-3(13)14-15-2/h1,4H,(H2,13,14). The summed E-state index contributed by atoms with van der Waals surface area (Å²) in [6.45, 7) is 0. The van der Waals surface area contributed by atoms with E-state index < -0.39 is 29.8 Å². The molecule has 2 N–H and O–H groups in total. The van der Waals surface area contributed by atoms with Gasteiger partial charge in [0.05, 0.1) is 0 Å². The zero-order valence-corrected chi connectivity index (χ0v) is 6.86. The van der Waals surface area contributed by atoms with Gasteiger partial charge in [0.1, 0.15) is 0 Å². The Balaban J connectivity index is 3.14. The minimum Gasteiger partial charge on any atom is -0.381 e. The molecular weight excluding hydrogens is 230 g/mol. The van der Waals surface area contributed by atoms with Gasteiger partial charge in [0.2, 0.25) is 5.92 Å². The van der Waals surface area contributed by atoms with Crippen molar-refractivity contribution in [3.63, 3.8) is 0 Å². The predicted octanol–water partition coefficient (Wildman–Crippen LogP) is 2.46. The number of anilines is 1. The molecule has 86 valence electrons. The third-order valence-electron chi connectivity index (χ3n) is 1.49. The first-order valence-electron chi connectivity index (χ1n) is 3.48. The highest BCUT2D eigenvalue weighted by atomic mass is 19.4. The second kappa shape index (κ2) is 3.31. The van der Waals surface area contributed by atoms with E-state index in [1.807, 2.05) is 0 Å². The molecule has 9 heteroatoms. The lowest BCUT2D eigenvalue weighted by atomic mass is 10.1. The highest BCUT2D eigenvalue weighted by Gasteiger charge is 2.59. The van der Waals surface area contributed by atoms with E-state index >= 15 is 0 Å². The van der Waals surface area contributed by atoms with Crippen molar-refractivity contribution < 1.29 is 30.9 Å². The van der Waals surface area contributed by atoms with E-state index in [0.29, 0.717) is 6.07 Å². The fraction of sp³-hybridized carbons (Fsp3) is 0.500. The van der Waals surface area contributed by atoms with Crippen molar-refractivity contribution in [3.8, 4) is 0 Å². The molecule has 0 saturated carbocycles. The van der Waals surface area contributed by atoms with Gasteiger partial charge in [-0.05, 0) is 0 Å². The molecule has 0 atom stereocenters. The van der Waals surface area contributed by atoms with Crippen LogP contribution < -0.4 is 5.73 Å². The molecule has 0 aromatic carbocycles. The summed E-state index contributed by atoms with van der Waals surface area (Å²) >= 11 is 0. The minimum atomic E-state index is -5.50. The second-order valence-corrected chi connectivity index (χ2v) is 2.67. The highest BCUT2D eigenvalue weighted by molar-refractivity contribution is 5.29. The fourth-order valence-corrected chi connectivity index (χ4v) is 0.948. The van der Waals surface area contributed by atoms with Crippen molar-refractivity contribution in [2.24, 2.45) is 0 Å². The van der Waals surface area contributed by atoms with Crippen molar-refractivity contribution in [2.75, 3.05) is 5.73 Å². The molecule has 0 aliphatic carbocycles. The van der Waals surface area contributed by atoms with Crippen LogP contribution in [0.15, 0.2) is 10.6 Å². The van der Waals surface area contributed by atoms with Crippen molar-refractivity contribution in [1.82, 2.24) is 5.16 Å². The van der Waals surface area contributed by atoms with Crippen LogP contribution in [0.2, 0.25) is 0 Å². The largest absolute Gasteiger partial charge is 0.407 e. The molecule has 1 heterocycles. The third kappa shape index (κ3) is 2.54. The lowest BCUT2D eigenvalue weighted by Gasteiger charge is -2.19. The molecule has 0 amide bonds. The van der Waals surface area contributed by atoms with E-state index in [4.69, 9.17) is 5.73 Å². The lowest BCUT2D eigenvalue weighted by molar-refractivity contribution is -0.257. The van der Waals surface area contributed by atoms with Crippen LogP contribution >= 0.6 is 0 Å². The maximum Gasteiger partial charge on any atom is 0.407 e. The van der Waals surface area contributed by atoms with Gasteiger partial charge in [-0.1, -0.05) is 5.16 Å². The maximum absolute atomic E-state index is 12.1. The number of alkyl halides is 6. The molecule has 3 nitrogen and oxygen atoms in total. The summed E-state index contributed by atoms with van der Waals surface area (Å²) in [6.07, 6.45) is -11.0. The van der Waals surface area contributed by atoms with E-state index in [0.717, 1.165) is 0 Å². The van der Waals surface area contributed by atoms with Gasteiger partial charge in [-0.25, -0.2) is 0 Å². The van der Waals surface area contributed by atoms with Gasteiger partial charge < -0.3 is 10.3 Å². The van der Waals surface area contributed by atoms with Crippen LogP contribution in [0.1, 0.15) is 11.7 Å². The summed E-state index contributed by atoms with van der Waals surface area (Å²) in [7, 11) is 0. The van der Waals surface area contributed by atoms with Crippen LogP contribution in [0.25, 0.3) is 0 Å². The molecule has 0 saturated heterocycles. The number of rotatable bonds is 1. The predicted molar refractivity (Wildman–Crippen MR) is 35.8 cm³/mol. The van der Waals surface area contributed by atoms with E-state index in [1.165, 1.54) is 0 Å². The molecular formula is C6H4F6N2O. The molecule has 15 heavy (non-hydrogen) atoms. The summed E-state index contributed by atoms with van der Waals surface area (Å²) in [5.74, 6) is -5.61. The highest BCUT2D eigenvalue weighted by Crippen LogP contribution is 2.46. The van der Waals surface area contributed by atoms with Gasteiger partial charge >= 0.3 is 12.4 Å². The minimum absolute atomic E-state index is 0.394. The number of nitrogens with two attached hydrogens (primary N) is 1. The van der Waals surface area contributed by atoms with Crippen molar-refractivity contribution in [3.05, 3.63) is 11.8 Å². The number of nitrogens with zero attached hydrogens (tertiary/aromatic N) is 1. The number of halogens is 6. The van der Waals surface area contributed by atoms with Gasteiger partial charge in [-0.15, -0.1) is 0 Å². The third-order valence-corrected chi connectivity index (χ3v) is 1.49. The van der Waals surface area contributed by atoms with Gasteiger partial charge in [-0.2, -0.15) is 26.3 Å². The summed E-state index contributed by atoms with van der Waals surface area (Å²) in [4.78, 5) is 0. The SMILES string of the molecule is Nc1cc(C(C(F)(F)F)C(F)(F)F)on1. The zero-order chi connectivity index (χ0) is 11.9.